The lowest BCUT2D eigenvalue weighted by Crippen LogP contribution is -2.10. The fourth-order valence-electron chi connectivity index (χ4n) is 1.03. The van der Waals surface area contributed by atoms with Gasteiger partial charge in [0.15, 0.2) is 0 Å². The molecule has 0 unspecified atom stereocenters. The Morgan fingerprint density at radius 2 is 2.07 bits per heavy atom. The van der Waals surface area contributed by atoms with Gasteiger partial charge in [0.2, 0.25) is 5.91 Å². The van der Waals surface area contributed by atoms with Crippen molar-refractivity contribution < 1.29 is 17.8 Å². The molecule has 1 radical (unpaired) electrons. The number of hydrogen-bond acceptors (Lipinski definition) is 3. The Kier molecular flexibility index (Phi) is 2.96. The molecule has 0 aromatic heterocycles. The first-order chi connectivity index (χ1) is 6.80. The minimum atomic E-state index is -4.44. The molecule has 0 bridgehead atoms. The molecular weight excluding hydrogens is 220 g/mol. The minimum absolute atomic E-state index is 0.0407. The highest BCUT2D eigenvalue weighted by atomic mass is 32.2. The second-order valence-electron chi connectivity index (χ2n) is 2.87. The van der Waals surface area contributed by atoms with Crippen molar-refractivity contribution in [2.45, 2.75) is 11.8 Å². The van der Waals surface area contributed by atoms with Crippen molar-refractivity contribution in [3.63, 3.8) is 0 Å². The summed E-state index contributed by atoms with van der Waals surface area (Å²) >= 11 is 0. The zero-order valence-electron chi connectivity index (χ0n) is 7.81. The van der Waals surface area contributed by atoms with E-state index in [1.165, 1.54) is 19.1 Å². The zero-order chi connectivity index (χ0) is 11.6. The largest absolute Gasteiger partial charge is 0.325 e. The van der Waals surface area contributed by atoms with E-state index in [1.54, 1.807) is 0 Å². The first-order valence-electron chi connectivity index (χ1n) is 3.91. The van der Waals surface area contributed by atoms with Crippen LogP contribution in [-0.2, 0) is 14.9 Å². The predicted molar refractivity (Wildman–Crippen MR) is 53.3 cm³/mol. The number of anilines is 1. The van der Waals surface area contributed by atoms with Gasteiger partial charge in [0.1, 0.15) is 4.90 Å². The smallest absolute Gasteiger partial charge is 0.296 e. The van der Waals surface area contributed by atoms with Crippen molar-refractivity contribution in [3.05, 3.63) is 18.2 Å². The van der Waals surface area contributed by atoms with E-state index in [9.17, 15) is 13.2 Å². The summed E-state index contributed by atoms with van der Waals surface area (Å²) in [6.45, 7) is 1.21. The average Bonchev–Trinajstić information content (AvgIpc) is 2.05. The van der Waals surface area contributed by atoms with Crippen LogP contribution >= 0.6 is 0 Å². The maximum Gasteiger partial charge on any atom is 0.296 e. The van der Waals surface area contributed by atoms with E-state index < -0.39 is 20.9 Å². The van der Waals surface area contributed by atoms with Crippen LogP contribution < -0.4 is 11.1 Å². The Morgan fingerprint density at radius 1 is 1.47 bits per heavy atom. The molecule has 7 heteroatoms. The molecule has 0 spiro atoms. The molecule has 0 atom stereocenters. The lowest BCUT2D eigenvalue weighted by atomic mass is 10.3. The van der Waals surface area contributed by atoms with E-state index in [0.29, 0.717) is 0 Å². The van der Waals surface area contributed by atoms with E-state index in [2.05, 4.69) is 5.32 Å². The second-order valence-corrected chi connectivity index (χ2v) is 4.26. The number of carbonyl (C=O) groups excluding carboxylic acids is 1. The van der Waals surface area contributed by atoms with Crippen LogP contribution in [0.5, 0.6) is 0 Å². The average molecular weight is 229 g/mol. The van der Waals surface area contributed by atoms with E-state index in [0.717, 1.165) is 6.07 Å². The van der Waals surface area contributed by atoms with Gasteiger partial charge >= 0.3 is 0 Å². The lowest BCUT2D eigenvalue weighted by molar-refractivity contribution is -0.114. The van der Waals surface area contributed by atoms with Gasteiger partial charge in [0.05, 0.1) is 11.4 Å². The fraction of sp³-hybridized carbons (Fsp3) is 0.125. The second kappa shape index (κ2) is 3.87. The van der Waals surface area contributed by atoms with Gasteiger partial charge in [-0.2, -0.15) is 8.42 Å². The van der Waals surface area contributed by atoms with Gasteiger partial charge in [0, 0.05) is 6.92 Å². The summed E-state index contributed by atoms with van der Waals surface area (Å²) in [5, 5.41) is 2.25. The van der Waals surface area contributed by atoms with Crippen LogP contribution in [0, 0.1) is 0 Å². The molecule has 1 aromatic rings. The molecule has 15 heavy (non-hydrogen) atoms. The summed E-state index contributed by atoms with van der Waals surface area (Å²) < 4.78 is 30.7. The Hall–Kier alpha value is -1.60. The quantitative estimate of drug-likeness (QED) is 0.731. The number of nitrogens with one attached hydrogen (secondary N) is 2. The standard InChI is InChI=1S/C8H9N2O4S/c1-5(11)10-7-3-2-6(9)4-8(7)15(12,13)14/h2-4,9H,1H3,(H,10,11)(H,12,13,14). The molecule has 81 valence electrons. The molecule has 0 saturated carbocycles. The van der Waals surface area contributed by atoms with E-state index >= 15 is 0 Å². The lowest BCUT2D eigenvalue weighted by Gasteiger charge is -2.07. The molecule has 0 saturated heterocycles. The van der Waals surface area contributed by atoms with E-state index in [4.69, 9.17) is 10.3 Å². The van der Waals surface area contributed by atoms with Gasteiger partial charge in [-0.05, 0) is 18.2 Å². The van der Waals surface area contributed by atoms with Crippen LogP contribution in [0.2, 0.25) is 0 Å². The zero-order valence-corrected chi connectivity index (χ0v) is 8.63. The predicted octanol–water partition coefficient (Wildman–Crippen LogP) is 0.806. The van der Waals surface area contributed by atoms with Crippen molar-refractivity contribution in [3.8, 4) is 0 Å². The summed E-state index contributed by atoms with van der Waals surface area (Å²) in [5.74, 6) is -0.461. The highest BCUT2D eigenvalue weighted by Gasteiger charge is 2.16. The number of benzene rings is 1. The van der Waals surface area contributed by atoms with Gasteiger partial charge in [-0.15, -0.1) is 0 Å². The van der Waals surface area contributed by atoms with Crippen molar-refractivity contribution in [2.75, 3.05) is 5.32 Å². The maximum atomic E-state index is 10.9. The third-order valence-corrected chi connectivity index (χ3v) is 2.46. The summed E-state index contributed by atoms with van der Waals surface area (Å²) in [4.78, 5) is 10.3. The molecule has 1 rings (SSSR count). The molecule has 1 amide bonds. The fourth-order valence-corrected chi connectivity index (χ4v) is 1.70. The van der Waals surface area contributed by atoms with Gasteiger partial charge in [0.25, 0.3) is 10.1 Å². The minimum Gasteiger partial charge on any atom is -0.325 e. The Labute approximate surface area is 86.8 Å². The van der Waals surface area contributed by atoms with Gasteiger partial charge in [-0.25, -0.2) is 0 Å². The molecule has 3 N–H and O–H groups in total. The Bertz CT molecular complexity index is 495. The first-order valence-corrected chi connectivity index (χ1v) is 5.35. The summed E-state index contributed by atoms with van der Waals surface area (Å²) in [5.41, 5.74) is 7.09. The van der Waals surface area contributed by atoms with Crippen LogP contribution in [0.25, 0.3) is 0 Å². The van der Waals surface area contributed by atoms with E-state index in [-0.39, 0.29) is 11.4 Å². The van der Waals surface area contributed by atoms with Crippen molar-refractivity contribution in [1.29, 1.82) is 0 Å². The molecule has 6 nitrogen and oxygen atoms in total. The molecule has 0 aliphatic heterocycles. The summed E-state index contributed by atoms with van der Waals surface area (Å²) in [6.07, 6.45) is 0. The number of hydrogen-bond donors (Lipinski definition) is 2. The normalized spacial score (nSPS) is 11.1. The van der Waals surface area contributed by atoms with Crippen LogP contribution in [-0.4, -0.2) is 18.9 Å². The van der Waals surface area contributed by atoms with Crippen molar-refractivity contribution in [2.24, 2.45) is 0 Å². The van der Waals surface area contributed by atoms with Gasteiger partial charge in [-0.3, -0.25) is 9.35 Å². The summed E-state index contributed by atoms with van der Waals surface area (Å²) in [6, 6.07) is 3.51. The number of amides is 1. The highest BCUT2D eigenvalue weighted by molar-refractivity contribution is 7.86. The van der Waals surface area contributed by atoms with Crippen molar-refractivity contribution in [1.82, 2.24) is 5.73 Å². The molecule has 0 heterocycles. The molecule has 1 aromatic carbocycles. The first kappa shape index (κ1) is 11.5. The molecule has 0 fully saturated rings. The van der Waals surface area contributed by atoms with Gasteiger partial charge < -0.3 is 11.1 Å². The summed E-state index contributed by atoms with van der Waals surface area (Å²) in [7, 11) is -4.44. The van der Waals surface area contributed by atoms with E-state index in [1.807, 2.05) is 0 Å². The monoisotopic (exact) mass is 229 g/mol. The maximum absolute atomic E-state index is 10.9. The van der Waals surface area contributed by atoms with Crippen LogP contribution in [0.3, 0.4) is 0 Å². The Morgan fingerprint density at radius 3 is 2.53 bits per heavy atom. The molecule has 0 aliphatic rings. The topological polar surface area (TPSA) is 107 Å². The Balaban J connectivity index is 3.33. The highest BCUT2D eigenvalue weighted by Crippen LogP contribution is 2.24. The van der Waals surface area contributed by atoms with Gasteiger partial charge in [-0.1, -0.05) is 0 Å². The number of rotatable bonds is 2. The van der Waals surface area contributed by atoms with Crippen molar-refractivity contribution >= 4 is 27.4 Å². The molecular formula is C8H9N2O4S. The van der Waals surface area contributed by atoms with Crippen LogP contribution in [0.15, 0.2) is 23.1 Å². The molecule has 0 aliphatic carbocycles. The van der Waals surface area contributed by atoms with Crippen LogP contribution in [0.1, 0.15) is 6.92 Å². The SMILES string of the molecule is CC(=O)Nc1ccc([NH])cc1S(=O)(=O)O. The van der Waals surface area contributed by atoms with Crippen LogP contribution in [0.4, 0.5) is 11.4 Å². The number of carbonyl (C=O) groups is 1. The third-order valence-electron chi connectivity index (χ3n) is 1.57. The third kappa shape index (κ3) is 2.93.